The molecule has 1 atom stereocenters. The van der Waals surface area contributed by atoms with Crippen LogP contribution in [0, 0.1) is 44.1 Å². The minimum atomic E-state index is -0.271. The number of nitrogens with one attached hydrogen (secondary N) is 1. The minimum Gasteiger partial charge on any atom is -0.705 e. The van der Waals surface area contributed by atoms with E-state index in [2.05, 4.69) is 51.0 Å². The number of carbonyl (C=O) groups is 2. The van der Waals surface area contributed by atoms with E-state index in [-0.39, 0.29) is 63.8 Å². The summed E-state index contributed by atoms with van der Waals surface area (Å²) in [5, 5.41) is 0. The maximum atomic E-state index is 10.2. The molecular weight excluding hydrogens is 641 g/mol. The third-order valence-corrected chi connectivity index (χ3v) is 6.06. The predicted octanol–water partition coefficient (Wildman–Crippen LogP) is 9.14. The van der Waals surface area contributed by atoms with Crippen LogP contribution >= 0.6 is 0 Å². The summed E-state index contributed by atoms with van der Waals surface area (Å²) < 4.78 is 2.55. The van der Waals surface area contributed by atoms with E-state index in [1.807, 2.05) is 6.92 Å². The smallest absolute Gasteiger partial charge is 0.217 e. The number of hydrogen-bond donors (Lipinski definition) is 3. The van der Waals surface area contributed by atoms with Crippen molar-refractivity contribution in [2.75, 3.05) is 6.54 Å². The summed E-state index contributed by atoms with van der Waals surface area (Å²) in [5.41, 5.74) is 9.09. The predicted molar refractivity (Wildman–Crippen MR) is 170 cm³/mol. The molecule has 0 saturated heterocycles. The van der Waals surface area contributed by atoms with E-state index in [9.17, 15) is 4.79 Å². The average Bonchev–Trinajstić information content (AvgIpc) is 2.84. The largest absolute Gasteiger partial charge is 0.705 e. The molecule has 0 heterocycles. The van der Waals surface area contributed by atoms with Crippen LogP contribution in [0.2, 0.25) is 0 Å². The van der Waals surface area contributed by atoms with E-state index in [1.54, 1.807) is 0 Å². The topological polar surface area (TPSA) is 98.2 Å². The van der Waals surface area contributed by atoms with Gasteiger partial charge in [-0.3, -0.25) is 9.59 Å². The summed E-state index contributed by atoms with van der Waals surface area (Å²) in [5.74, 6) is -0.0206. The third kappa shape index (κ3) is 70.7. The molecule has 238 valence electrons. The molecule has 0 spiro atoms. The van der Waals surface area contributed by atoms with Crippen LogP contribution in [0.5, 0.6) is 0 Å². The molecule has 0 aromatic rings. The molecule has 38 heavy (non-hydrogen) atoms. The Balaban J connectivity index is -0.0000000943. The first-order valence-electron chi connectivity index (χ1n) is 15.2. The summed E-state index contributed by atoms with van der Waals surface area (Å²) in [6.07, 6.45) is 29.5. The average molecular weight is 711 g/mol. The van der Waals surface area contributed by atoms with Crippen LogP contribution in [0.3, 0.4) is 0 Å². The number of carbonyl (C=O) groups excluding carboxylic acids is 2. The molecular formula is C31H70DyN3O2S-. The van der Waals surface area contributed by atoms with E-state index in [0.29, 0.717) is 13.0 Å². The Bertz CT molecular complexity index is 352. The first-order valence-corrected chi connectivity index (χ1v) is 15.6. The van der Waals surface area contributed by atoms with Crippen molar-refractivity contribution >= 4 is 25.1 Å². The summed E-state index contributed by atoms with van der Waals surface area (Å²) in [4.78, 5) is 18.8. The minimum absolute atomic E-state index is 0. The fourth-order valence-corrected chi connectivity index (χ4v) is 3.96. The zero-order chi connectivity index (χ0) is 28.1. The van der Waals surface area contributed by atoms with Crippen molar-refractivity contribution in [2.45, 2.75) is 177 Å². The molecule has 0 aliphatic carbocycles. The first-order chi connectivity index (χ1) is 17.4. The summed E-state index contributed by atoms with van der Waals surface area (Å²) >= 11 is 4.48. The van der Waals surface area contributed by atoms with E-state index in [1.165, 1.54) is 128 Å². The normalized spacial score (nSPS) is 10.1. The monoisotopic (exact) mass is 712 g/mol. The van der Waals surface area contributed by atoms with Gasteiger partial charge in [-0.1, -0.05) is 170 Å². The van der Waals surface area contributed by atoms with Crippen molar-refractivity contribution in [1.82, 2.24) is 4.72 Å². The maximum absolute atomic E-state index is 10.2. The Labute approximate surface area is 276 Å². The Morgan fingerprint density at radius 3 is 1.05 bits per heavy atom. The van der Waals surface area contributed by atoms with Gasteiger partial charge >= 0.3 is 0 Å². The van der Waals surface area contributed by atoms with Gasteiger partial charge in [-0.25, -0.2) is 0 Å². The number of rotatable bonds is 22. The molecule has 0 aromatic carbocycles. The number of hydrogen-bond acceptors (Lipinski definition) is 4. The van der Waals surface area contributed by atoms with Crippen LogP contribution in [0.25, 0.3) is 0 Å². The zero-order valence-corrected chi connectivity index (χ0v) is 28.3. The molecule has 0 fully saturated rings. The van der Waals surface area contributed by atoms with Crippen LogP contribution in [0.15, 0.2) is 0 Å². The SMILES string of the molecule is C.CC(CN[S-])CC(N)=O.CCCCCCCCCCCC.CCCCCCCCCCCC.NC=O.[Dy]. The molecule has 5 N–H and O–H groups in total. The van der Waals surface area contributed by atoms with Gasteiger partial charge in [0.25, 0.3) is 0 Å². The van der Waals surface area contributed by atoms with Crippen molar-refractivity contribution in [3.8, 4) is 0 Å². The molecule has 0 aliphatic heterocycles. The Kier molecular flexibility index (Phi) is 72.5. The van der Waals surface area contributed by atoms with E-state index >= 15 is 0 Å². The van der Waals surface area contributed by atoms with Gasteiger partial charge in [0.05, 0.1) is 0 Å². The van der Waals surface area contributed by atoms with Crippen LogP contribution in [0.1, 0.15) is 177 Å². The van der Waals surface area contributed by atoms with Crippen LogP contribution in [-0.2, 0) is 22.4 Å². The van der Waals surface area contributed by atoms with E-state index in [0.717, 1.165) is 0 Å². The van der Waals surface area contributed by atoms with Gasteiger partial charge in [-0.15, -0.1) is 0 Å². The Morgan fingerprint density at radius 1 is 0.684 bits per heavy atom. The standard InChI is InChI=1S/2C12H26.C5H11N2OS.CH3NO.CH4.Dy/c2*1-3-5-7-9-11-12-10-8-6-4-2;1-4(3-7-9)2-5(6)8;2-1-3;;/h2*3-12H2,1-2H3;4,7H,2-3H2,1H3,(H2,6,8);1H,(H2,2,3);1H4;/q;;-1;;;. The number of primary amides is 2. The van der Waals surface area contributed by atoms with Gasteiger partial charge in [0.15, 0.2) is 0 Å². The number of amides is 2. The Hall–Kier alpha value is 0.523. The molecule has 2 amide bonds. The quantitative estimate of drug-likeness (QED) is 0.0593. The molecule has 5 nitrogen and oxygen atoms in total. The van der Waals surface area contributed by atoms with Crippen molar-refractivity contribution in [3.05, 3.63) is 0 Å². The summed E-state index contributed by atoms with van der Waals surface area (Å²) in [6, 6.07) is 0. The van der Waals surface area contributed by atoms with Crippen molar-refractivity contribution in [3.63, 3.8) is 0 Å². The van der Waals surface area contributed by atoms with Gasteiger partial charge in [-0.2, -0.15) is 0 Å². The second-order valence-electron chi connectivity index (χ2n) is 9.92. The number of unbranched alkanes of at least 4 members (excludes halogenated alkanes) is 18. The van der Waals surface area contributed by atoms with E-state index < -0.39 is 0 Å². The summed E-state index contributed by atoms with van der Waals surface area (Å²) in [7, 11) is 0. The fraction of sp³-hybridized carbons (Fsp3) is 0.935. The molecule has 0 bridgehead atoms. The zero-order valence-electron chi connectivity index (χ0n) is 25.4. The van der Waals surface area contributed by atoms with Gasteiger partial charge in [0.1, 0.15) is 0 Å². The first kappa shape index (κ1) is 51.3. The second-order valence-corrected chi connectivity index (χ2v) is 10.2. The molecule has 1 unspecified atom stereocenters. The molecule has 0 radical (unpaired) electrons. The Morgan fingerprint density at radius 2 is 0.895 bits per heavy atom. The summed E-state index contributed by atoms with van der Waals surface area (Å²) in [6.45, 7) is 11.7. The van der Waals surface area contributed by atoms with Crippen molar-refractivity contribution in [2.24, 2.45) is 17.4 Å². The van der Waals surface area contributed by atoms with Crippen molar-refractivity contribution in [1.29, 1.82) is 0 Å². The van der Waals surface area contributed by atoms with Gasteiger partial charge in [0.2, 0.25) is 12.3 Å². The second kappa shape index (κ2) is 53.7. The van der Waals surface area contributed by atoms with Crippen LogP contribution in [0.4, 0.5) is 0 Å². The molecule has 0 saturated carbocycles. The molecule has 0 aromatic heterocycles. The van der Waals surface area contributed by atoms with Gasteiger partial charge in [-0.05, 0) is 12.5 Å². The van der Waals surface area contributed by atoms with Crippen molar-refractivity contribution < 1.29 is 47.8 Å². The third-order valence-electron chi connectivity index (χ3n) is 5.90. The molecule has 0 aliphatic rings. The van der Waals surface area contributed by atoms with Crippen LogP contribution < -0.4 is 16.2 Å². The fourth-order valence-electron chi connectivity index (χ4n) is 3.68. The number of nitrogens with two attached hydrogens (primary N) is 2. The van der Waals surface area contributed by atoms with Gasteiger partial charge in [0, 0.05) is 44.6 Å². The maximum Gasteiger partial charge on any atom is 0.217 e. The molecule has 0 rings (SSSR count). The molecule has 7 heteroatoms. The van der Waals surface area contributed by atoms with E-state index in [4.69, 9.17) is 10.5 Å². The van der Waals surface area contributed by atoms with Gasteiger partial charge < -0.3 is 29.0 Å². The van der Waals surface area contributed by atoms with Crippen LogP contribution in [-0.4, -0.2) is 18.9 Å².